The van der Waals surface area contributed by atoms with Crippen molar-refractivity contribution < 1.29 is 54.3 Å². The highest BCUT2D eigenvalue weighted by atomic mass is 19.1. The monoisotopic (exact) mass is 752 g/mol. The van der Waals surface area contributed by atoms with Crippen LogP contribution in [0, 0.1) is 17.7 Å². The van der Waals surface area contributed by atoms with Gasteiger partial charge >= 0.3 is 18.2 Å². The van der Waals surface area contributed by atoms with Crippen LogP contribution in [-0.4, -0.2) is 81.7 Å². The molecule has 4 amide bonds. The number of halogens is 1. The molecule has 1 aliphatic carbocycles. The predicted octanol–water partition coefficient (Wildman–Crippen LogP) is 5.49. The van der Waals surface area contributed by atoms with Crippen LogP contribution in [-0.2, 0) is 46.5 Å². The summed E-state index contributed by atoms with van der Waals surface area (Å²) in [6.45, 7) is 13.4. The molecule has 1 saturated heterocycles. The SMILES string of the molecule is CC(C)(C)OC(N)=O.CCOC(=O)[C@H]1C[C@H]1/C=C\CCCCCCC(=O)N1C[C@H](OC(=O)N2Cc3cccc(F)c3C2)C[C@H]1C(=O)NOC(C)(C)C.O.[HH]. The van der Waals surface area contributed by atoms with Gasteiger partial charge in [-0.15, -0.1) is 0 Å². The summed E-state index contributed by atoms with van der Waals surface area (Å²) in [5, 5.41) is 0. The summed E-state index contributed by atoms with van der Waals surface area (Å²) in [6, 6.07) is 3.93. The summed E-state index contributed by atoms with van der Waals surface area (Å²) in [6.07, 6.45) is 7.96. The molecule has 1 aromatic rings. The van der Waals surface area contributed by atoms with Crippen LogP contribution in [0.5, 0.6) is 0 Å². The first-order valence-electron chi connectivity index (χ1n) is 18.2. The Labute approximate surface area is 313 Å². The van der Waals surface area contributed by atoms with Crippen molar-refractivity contribution in [2.75, 3.05) is 13.2 Å². The number of hydrogen-bond donors (Lipinski definition) is 2. The lowest BCUT2D eigenvalue weighted by molar-refractivity contribution is -0.153. The fourth-order valence-corrected chi connectivity index (χ4v) is 5.96. The van der Waals surface area contributed by atoms with Gasteiger partial charge in [-0.3, -0.25) is 24.1 Å². The average molecular weight is 753 g/mol. The number of primary amides is 1. The van der Waals surface area contributed by atoms with Crippen molar-refractivity contribution in [1.29, 1.82) is 0 Å². The van der Waals surface area contributed by atoms with Gasteiger partial charge in [-0.2, -0.15) is 0 Å². The second-order valence-corrected chi connectivity index (χ2v) is 15.4. The van der Waals surface area contributed by atoms with Crippen molar-refractivity contribution in [2.45, 2.75) is 136 Å². The summed E-state index contributed by atoms with van der Waals surface area (Å²) in [5.74, 6) is -0.790. The second kappa shape index (κ2) is 20.3. The Morgan fingerprint density at radius 1 is 1.00 bits per heavy atom. The molecular formula is C38H61FN4O10. The number of nitrogens with zero attached hydrogens (tertiary/aromatic N) is 2. The molecule has 2 fully saturated rings. The maximum atomic E-state index is 14.2. The molecular weight excluding hydrogens is 691 g/mol. The molecule has 0 aromatic heterocycles. The number of fused-ring (bicyclic) bond motifs is 1. The third kappa shape index (κ3) is 15.3. The highest BCUT2D eigenvalue weighted by Gasteiger charge is 2.43. The highest BCUT2D eigenvalue weighted by Crippen LogP contribution is 2.40. The normalized spacial score (nSPS) is 20.5. The summed E-state index contributed by atoms with van der Waals surface area (Å²) in [4.78, 5) is 69.3. The van der Waals surface area contributed by atoms with E-state index in [1.165, 1.54) is 15.9 Å². The van der Waals surface area contributed by atoms with Crippen LogP contribution in [0.2, 0.25) is 0 Å². The molecule has 3 aliphatic rings. The predicted molar refractivity (Wildman–Crippen MR) is 196 cm³/mol. The molecule has 0 unspecified atom stereocenters. The zero-order chi connectivity index (χ0) is 38.6. The summed E-state index contributed by atoms with van der Waals surface area (Å²) in [5.41, 5.74) is 7.32. The number of unbranched alkanes of at least 4 members (excludes halogenated alkanes) is 4. The lowest BCUT2D eigenvalue weighted by Gasteiger charge is -2.25. The van der Waals surface area contributed by atoms with Crippen molar-refractivity contribution in [3.63, 3.8) is 0 Å². The van der Waals surface area contributed by atoms with E-state index in [0.29, 0.717) is 24.5 Å². The molecule has 15 heteroatoms. The first-order chi connectivity index (χ1) is 24.4. The molecule has 2 aliphatic heterocycles. The summed E-state index contributed by atoms with van der Waals surface area (Å²) < 4.78 is 29.5. The van der Waals surface area contributed by atoms with Gasteiger partial charge in [-0.25, -0.2) is 19.5 Å². The molecule has 2 heterocycles. The minimum atomic E-state index is -0.832. The number of carbonyl (C=O) groups excluding carboxylic acids is 5. The van der Waals surface area contributed by atoms with Gasteiger partial charge in [0.15, 0.2) is 0 Å². The van der Waals surface area contributed by atoms with E-state index in [-0.39, 0.29) is 63.0 Å². The van der Waals surface area contributed by atoms with Crippen LogP contribution < -0.4 is 11.2 Å². The number of benzene rings is 1. The number of nitrogens with two attached hydrogens (primary N) is 1. The number of hydroxylamine groups is 1. The van der Waals surface area contributed by atoms with Crippen molar-refractivity contribution in [3.05, 3.63) is 47.3 Å². The number of nitrogens with one attached hydrogen (secondary N) is 1. The van der Waals surface area contributed by atoms with Gasteiger partial charge in [0.1, 0.15) is 23.6 Å². The van der Waals surface area contributed by atoms with E-state index in [2.05, 4.69) is 22.4 Å². The van der Waals surface area contributed by atoms with Gasteiger partial charge < -0.3 is 30.3 Å². The maximum absolute atomic E-state index is 14.2. The molecule has 53 heavy (non-hydrogen) atoms. The third-order valence-corrected chi connectivity index (χ3v) is 8.53. The van der Waals surface area contributed by atoms with E-state index in [4.69, 9.17) is 20.0 Å². The number of amides is 4. The number of likely N-dealkylation sites (tertiary alicyclic amines) is 1. The first-order valence-corrected chi connectivity index (χ1v) is 18.2. The smallest absolute Gasteiger partial charge is 0.410 e. The maximum Gasteiger partial charge on any atom is 0.410 e. The van der Waals surface area contributed by atoms with E-state index in [0.717, 1.165) is 37.7 Å². The lowest BCUT2D eigenvalue weighted by atomic mass is 10.1. The first kappa shape index (κ1) is 44.9. The van der Waals surface area contributed by atoms with Crippen LogP contribution in [0.4, 0.5) is 14.0 Å². The molecule has 0 radical (unpaired) electrons. The zero-order valence-corrected chi connectivity index (χ0v) is 32.2. The minimum absolute atomic E-state index is 0. The molecule has 4 rings (SSSR count). The number of allylic oxidation sites excluding steroid dienone is 2. The molecule has 1 aromatic carbocycles. The number of carbonyl (C=O) groups is 5. The third-order valence-electron chi connectivity index (χ3n) is 8.53. The average Bonchev–Trinajstić information content (AvgIpc) is 3.46. The summed E-state index contributed by atoms with van der Waals surface area (Å²) >= 11 is 0. The van der Waals surface area contributed by atoms with Gasteiger partial charge in [-0.1, -0.05) is 37.1 Å². The molecule has 5 N–H and O–H groups in total. The van der Waals surface area contributed by atoms with E-state index >= 15 is 0 Å². The standard InChI is InChI=1S/C33H46FN3O7.C5H11NO2.H2O.H2/c1-5-42-31(40)25-17-22(25)13-10-8-6-7-9-11-16-29(38)37-20-24(18-28(37)30(39)35-44-33(2,3)4)43-32(41)36-19-23-14-12-15-27(34)26(23)21-36;1-5(2,3)8-4(6)7;;/h10,12-15,22,24-25,28H,5-9,11,16-21H2,1-4H3,(H,35,39);1-3H3,(H2,6,7);1H2;1H/b13-10-;;;/t22-,24-,25+,28+;;;/m1.../s1. The molecule has 0 spiro atoms. The molecule has 4 atom stereocenters. The van der Waals surface area contributed by atoms with Crippen molar-refractivity contribution in [3.8, 4) is 0 Å². The molecule has 14 nitrogen and oxygen atoms in total. The van der Waals surface area contributed by atoms with Gasteiger partial charge in [0.2, 0.25) is 5.91 Å². The number of rotatable bonds is 13. The van der Waals surface area contributed by atoms with Gasteiger partial charge in [-0.05, 0) is 91.7 Å². The fourth-order valence-electron chi connectivity index (χ4n) is 5.96. The van der Waals surface area contributed by atoms with Crippen molar-refractivity contribution >= 4 is 30.0 Å². The lowest BCUT2D eigenvalue weighted by Crippen LogP contribution is -2.47. The van der Waals surface area contributed by atoms with Gasteiger partial charge in [0, 0.05) is 26.4 Å². The van der Waals surface area contributed by atoms with E-state index in [1.807, 2.05) is 6.92 Å². The van der Waals surface area contributed by atoms with Gasteiger partial charge in [0.25, 0.3) is 5.91 Å². The number of ether oxygens (including phenoxy) is 3. The van der Waals surface area contributed by atoms with Crippen molar-refractivity contribution in [1.82, 2.24) is 15.3 Å². The number of hydrogen-bond acceptors (Lipinski definition) is 9. The van der Waals surface area contributed by atoms with Gasteiger partial charge in [0.05, 0.1) is 31.2 Å². The van der Waals surface area contributed by atoms with Crippen LogP contribution in [0.1, 0.15) is 112 Å². The Hall–Kier alpha value is -4.24. The Morgan fingerprint density at radius 2 is 1.70 bits per heavy atom. The van der Waals surface area contributed by atoms with Crippen LogP contribution >= 0.6 is 0 Å². The fraction of sp³-hybridized carbons (Fsp3) is 0.658. The topological polar surface area (TPSA) is 198 Å². The Bertz CT molecular complexity index is 1450. The molecule has 0 bridgehead atoms. The largest absolute Gasteiger partial charge is 0.466 e. The van der Waals surface area contributed by atoms with E-state index in [9.17, 15) is 28.4 Å². The van der Waals surface area contributed by atoms with Crippen molar-refractivity contribution in [2.24, 2.45) is 17.6 Å². The Kier molecular flexibility index (Phi) is 17.2. The Balaban J connectivity index is 0.00000131. The molecule has 300 valence electrons. The zero-order valence-electron chi connectivity index (χ0n) is 32.2. The van der Waals surface area contributed by atoms with Crippen LogP contribution in [0.3, 0.4) is 0 Å². The van der Waals surface area contributed by atoms with Crippen LogP contribution in [0.15, 0.2) is 30.4 Å². The van der Waals surface area contributed by atoms with E-state index in [1.54, 1.807) is 53.7 Å². The highest BCUT2D eigenvalue weighted by molar-refractivity contribution is 5.88. The van der Waals surface area contributed by atoms with E-state index < -0.39 is 41.4 Å². The minimum Gasteiger partial charge on any atom is -0.466 e. The van der Waals surface area contributed by atoms with Crippen LogP contribution in [0.25, 0.3) is 0 Å². The number of esters is 1. The second-order valence-electron chi connectivity index (χ2n) is 15.4. The Morgan fingerprint density at radius 3 is 2.30 bits per heavy atom. The quantitative estimate of drug-likeness (QED) is 0.0860. The molecule has 1 saturated carbocycles. The summed E-state index contributed by atoms with van der Waals surface area (Å²) in [7, 11) is 0.